The molecule has 1 saturated heterocycles. The maximum Gasteiger partial charge on any atom is 0.229 e. The second-order valence-corrected chi connectivity index (χ2v) is 4.87. The van der Waals surface area contributed by atoms with Crippen molar-refractivity contribution in [1.29, 1.82) is 0 Å². The number of aromatic nitrogens is 2. The molecule has 2 N–H and O–H groups in total. The van der Waals surface area contributed by atoms with Gasteiger partial charge in [-0.05, 0) is 26.7 Å². The first-order chi connectivity index (χ1) is 8.06. The average molecular weight is 236 g/mol. The number of nitrogens with one attached hydrogen (secondary N) is 2. The lowest BCUT2D eigenvalue weighted by atomic mass is 9.95. The van der Waals surface area contributed by atoms with E-state index in [2.05, 4.69) is 22.7 Å². The average Bonchev–Trinajstić information content (AvgIpc) is 2.58. The Labute approximate surface area is 102 Å². The first kappa shape index (κ1) is 12.1. The fourth-order valence-corrected chi connectivity index (χ4v) is 2.07. The molecule has 2 unspecified atom stereocenters. The molecule has 94 valence electrons. The van der Waals surface area contributed by atoms with Crippen LogP contribution in [0.25, 0.3) is 0 Å². The molecule has 2 atom stereocenters. The lowest BCUT2D eigenvalue weighted by Crippen LogP contribution is -2.41. The highest BCUT2D eigenvalue weighted by Crippen LogP contribution is 2.16. The molecule has 0 radical (unpaired) electrons. The van der Waals surface area contributed by atoms with Gasteiger partial charge in [-0.2, -0.15) is 5.10 Å². The zero-order valence-electron chi connectivity index (χ0n) is 10.7. The molecule has 0 spiro atoms. The van der Waals surface area contributed by atoms with E-state index in [-0.39, 0.29) is 11.8 Å². The molecular weight excluding hydrogens is 216 g/mol. The minimum atomic E-state index is 0.0634. The van der Waals surface area contributed by atoms with Crippen molar-refractivity contribution in [2.24, 2.45) is 13.0 Å². The maximum atomic E-state index is 12.0. The summed E-state index contributed by atoms with van der Waals surface area (Å²) in [6.07, 6.45) is 2.01. The zero-order chi connectivity index (χ0) is 12.4. The molecule has 1 aromatic heterocycles. The van der Waals surface area contributed by atoms with E-state index >= 15 is 0 Å². The van der Waals surface area contributed by atoms with E-state index in [0.717, 1.165) is 25.1 Å². The minimum Gasteiger partial charge on any atom is -0.313 e. The van der Waals surface area contributed by atoms with Crippen LogP contribution < -0.4 is 10.6 Å². The molecule has 5 heteroatoms. The predicted molar refractivity (Wildman–Crippen MR) is 66.8 cm³/mol. The van der Waals surface area contributed by atoms with Crippen molar-refractivity contribution in [3.63, 3.8) is 0 Å². The Morgan fingerprint density at radius 1 is 1.59 bits per heavy atom. The molecule has 2 heterocycles. The molecule has 1 aromatic rings. The predicted octanol–water partition coefficient (Wildman–Crippen LogP) is 1.06. The van der Waals surface area contributed by atoms with Crippen molar-refractivity contribution >= 4 is 11.7 Å². The molecule has 17 heavy (non-hydrogen) atoms. The summed E-state index contributed by atoms with van der Waals surface area (Å²) >= 11 is 0. The molecule has 1 aliphatic heterocycles. The fourth-order valence-electron chi connectivity index (χ4n) is 2.07. The number of hydrogen-bond donors (Lipinski definition) is 2. The molecule has 0 aromatic carbocycles. The highest BCUT2D eigenvalue weighted by atomic mass is 16.2. The van der Waals surface area contributed by atoms with Crippen molar-refractivity contribution in [2.45, 2.75) is 32.7 Å². The van der Waals surface area contributed by atoms with E-state index in [1.54, 1.807) is 4.68 Å². The van der Waals surface area contributed by atoms with Crippen molar-refractivity contribution in [1.82, 2.24) is 15.1 Å². The third kappa shape index (κ3) is 2.85. The van der Waals surface area contributed by atoms with Crippen LogP contribution in [0, 0.1) is 12.8 Å². The number of piperidine rings is 1. The SMILES string of the molecule is Cc1cc(NC(=O)C2CCC(C)NC2)nn1C. The Morgan fingerprint density at radius 2 is 2.35 bits per heavy atom. The molecule has 0 saturated carbocycles. The van der Waals surface area contributed by atoms with E-state index < -0.39 is 0 Å². The lowest BCUT2D eigenvalue weighted by Gasteiger charge is -2.26. The van der Waals surface area contributed by atoms with Gasteiger partial charge in [0.15, 0.2) is 5.82 Å². The van der Waals surface area contributed by atoms with Crippen LogP contribution in [0.5, 0.6) is 0 Å². The fraction of sp³-hybridized carbons (Fsp3) is 0.667. The minimum absolute atomic E-state index is 0.0634. The number of nitrogens with zero attached hydrogens (tertiary/aromatic N) is 2. The standard InChI is InChI=1S/C12H20N4O/c1-8-4-5-10(7-13-8)12(17)14-11-6-9(2)16(3)15-11/h6,8,10,13H,4-5,7H2,1-3H3,(H,14,15,17). The van der Waals surface area contributed by atoms with Gasteiger partial charge in [-0.3, -0.25) is 9.48 Å². The smallest absolute Gasteiger partial charge is 0.229 e. The van der Waals surface area contributed by atoms with Crippen LogP contribution in [0.3, 0.4) is 0 Å². The van der Waals surface area contributed by atoms with Gasteiger partial charge in [0, 0.05) is 31.4 Å². The third-order valence-electron chi connectivity index (χ3n) is 3.40. The first-order valence-electron chi connectivity index (χ1n) is 6.11. The van der Waals surface area contributed by atoms with Gasteiger partial charge in [-0.1, -0.05) is 0 Å². The summed E-state index contributed by atoms with van der Waals surface area (Å²) in [6, 6.07) is 2.41. The Morgan fingerprint density at radius 3 is 2.88 bits per heavy atom. The van der Waals surface area contributed by atoms with Gasteiger partial charge in [0.1, 0.15) is 0 Å². The molecule has 5 nitrogen and oxygen atoms in total. The summed E-state index contributed by atoms with van der Waals surface area (Å²) in [5.74, 6) is 0.782. The van der Waals surface area contributed by atoms with Gasteiger partial charge < -0.3 is 10.6 Å². The van der Waals surface area contributed by atoms with E-state index in [1.165, 1.54) is 0 Å². The van der Waals surface area contributed by atoms with Crippen LogP contribution in [0.4, 0.5) is 5.82 Å². The highest BCUT2D eigenvalue weighted by Gasteiger charge is 2.24. The van der Waals surface area contributed by atoms with E-state index in [4.69, 9.17) is 0 Å². The molecular formula is C12H20N4O. The quantitative estimate of drug-likeness (QED) is 0.807. The summed E-state index contributed by atoms with van der Waals surface area (Å²) in [5.41, 5.74) is 1.04. The van der Waals surface area contributed by atoms with E-state index in [1.807, 2.05) is 20.0 Å². The Kier molecular flexibility index (Phi) is 3.47. The maximum absolute atomic E-state index is 12.0. The number of rotatable bonds is 2. The molecule has 0 bridgehead atoms. The van der Waals surface area contributed by atoms with E-state index in [9.17, 15) is 4.79 Å². The molecule has 1 fully saturated rings. The summed E-state index contributed by atoms with van der Waals surface area (Å²) in [7, 11) is 1.87. The molecule has 2 rings (SSSR count). The monoisotopic (exact) mass is 236 g/mol. The Hall–Kier alpha value is -1.36. The number of amides is 1. The lowest BCUT2D eigenvalue weighted by molar-refractivity contribution is -0.120. The Balaban J connectivity index is 1.93. The molecule has 1 amide bonds. The zero-order valence-corrected chi connectivity index (χ0v) is 10.7. The number of carbonyl (C=O) groups is 1. The largest absolute Gasteiger partial charge is 0.313 e. The van der Waals surface area contributed by atoms with Gasteiger partial charge in [0.05, 0.1) is 5.92 Å². The van der Waals surface area contributed by atoms with Crippen LogP contribution >= 0.6 is 0 Å². The molecule has 0 aliphatic carbocycles. The van der Waals surface area contributed by atoms with Crippen molar-refractivity contribution in [3.8, 4) is 0 Å². The first-order valence-corrected chi connectivity index (χ1v) is 6.11. The Bertz CT molecular complexity index is 385. The number of anilines is 1. The van der Waals surface area contributed by atoms with Crippen LogP contribution in [0.1, 0.15) is 25.5 Å². The second kappa shape index (κ2) is 4.87. The number of aryl methyl sites for hydroxylation is 2. The summed E-state index contributed by atoms with van der Waals surface area (Å²) in [5, 5.41) is 10.4. The topological polar surface area (TPSA) is 59.0 Å². The summed E-state index contributed by atoms with van der Waals surface area (Å²) in [6.45, 7) is 4.88. The van der Waals surface area contributed by atoms with Gasteiger partial charge >= 0.3 is 0 Å². The van der Waals surface area contributed by atoms with Crippen LogP contribution in [0.15, 0.2) is 6.07 Å². The van der Waals surface area contributed by atoms with Crippen LogP contribution in [-0.4, -0.2) is 28.3 Å². The van der Waals surface area contributed by atoms with Gasteiger partial charge in [0.25, 0.3) is 0 Å². The summed E-state index contributed by atoms with van der Waals surface area (Å²) in [4.78, 5) is 12.0. The van der Waals surface area contributed by atoms with Crippen molar-refractivity contribution in [3.05, 3.63) is 11.8 Å². The van der Waals surface area contributed by atoms with Gasteiger partial charge in [-0.25, -0.2) is 0 Å². The van der Waals surface area contributed by atoms with Crippen LogP contribution in [-0.2, 0) is 11.8 Å². The number of carbonyl (C=O) groups excluding carboxylic acids is 1. The highest BCUT2D eigenvalue weighted by molar-refractivity contribution is 5.91. The number of hydrogen-bond acceptors (Lipinski definition) is 3. The van der Waals surface area contributed by atoms with Gasteiger partial charge in [-0.15, -0.1) is 0 Å². The van der Waals surface area contributed by atoms with Crippen molar-refractivity contribution in [2.75, 3.05) is 11.9 Å². The van der Waals surface area contributed by atoms with Gasteiger partial charge in [0.2, 0.25) is 5.91 Å². The second-order valence-electron chi connectivity index (χ2n) is 4.87. The molecule has 1 aliphatic rings. The van der Waals surface area contributed by atoms with Crippen LogP contribution in [0.2, 0.25) is 0 Å². The third-order valence-corrected chi connectivity index (χ3v) is 3.40. The van der Waals surface area contributed by atoms with E-state index in [0.29, 0.717) is 11.9 Å². The van der Waals surface area contributed by atoms with Crippen molar-refractivity contribution < 1.29 is 4.79 Å². The normalized spacial score (nSPS) is 24.6. The summed E-state index contributed by atoms with van der Waals surface area (Å²) < 4.78 is 1.76.